The first-order valence-corrected chi connectivity index (χ1v) is 7.10. The van der Waals surface area contributed by atoms with Gasteiger partial charge in [0.25, 0.3) is 5.91 Å². The highest BCUT2D eigenvalue weighted by atomic mass is 79.9. The monoisotopic (exact) mass is 323 g/mol. The van der Waals surface area contributed by atoms with Crippen molar-refractivity contribution in [2.45, 2.75) is 26.3 Å². The molecule has 2 rings (SSSR count). The number of amides is 1. The van der Waals surface area contributed by atoms with Crippen LogP contribution in [0.15, 0.2) is 34.9 Å². The zero-order chi connectivity index (χ0) is 14.0. The van der Waals surface area contributed by atoms with Crippen LogP contribution in [0.1, 0.15) is 20.3 Å². The van der Waals surface area contributed by atoms with E-state index in [0.717, 1.165) is 15.4 Å². The molecule has 3 N–H and O–H groups in total. The summed E-state index contributed by atoms with van der Waals surface area (Å²) in [6.45, 7) is 4.10. The van der Waals surface area contributed by atoms with Crippen LogP contribution < -0.4 is 11.2 Å². The number of carbonyl (C=O) groups is 1. The van der Waals surface area contributed by atoms with Gasteiger partial charge in [0.2, 0.25) is 0 Å². The van der Waals surface area contributed by atoms with Gasteiger partial charge in [-0.2, -0.15) is 0 Å². The van der Waals surface area contributed by atoms with Crippen molar-refractivity contribution in [3.05, 3.63) is 34.9 Å². The fraction of sp³-hybridized carbons (Fsp3) is 0.357. The van der Waals surface area contributed by atoms with Crippen LogP contribution >= 0.6 is 15.9 Å². The van der Waals surface area contributed by atoms with Crippen molar-refractivity contribution in [1.82, 2.24) is 4.68 Å². The fourth-order valence-corrected chi connectivity index (χ4v) is 2.59. The number of para-hydroxylation sites is 1. The molecule has 102 valence electrons. The Labute approximate surface area is 121 Å². The van der Waals surface area contributed by atoms with Gasteiger partial charge in [-0.3, -0.25) is 14.9 Å². The first-order valence-electron chi connectivity index (χ1n) is 6.31. The number of nitrogens with zero attached hydrogens (tertiary/aromatic N) is 1. The van der Waals surface area contributed by atoms with Gasteiger partial charge in [0.15, 0.2) is 0 Å². The summed E-state index contributed by atoms with van der Waals surface area (Å²) in [5.41, 5.74) is 9.66. The van der Waals surface area contributed by atoms with Gasteiger partial charge in [-0.15, -0.1) is 0 Å². The molecule has 0 saturated heterocycles. The molecule has 4 nitrogen and oxygen atoms in total. The third kappa shape index (κ3) is 3.16. The van der Waals surface area contributed by atoms with E-state index in [-0.39, 0.29) is 5.91 Å². The van der Waals surface area contributed by atoms with Crippen LogP contribution in [-0.2, 0) is 4.79 Å². The number of halogens is 1. The zero-order valence-corrected chi connectivity index (χ0v) is 12.6. The van der Waals surface area contributed by atoms with Gasteiger partial charge in [0.05, 0.1) is 11.6 Å². The topological polar surface area (TPSA) is 60.1 Å². The molecule has 0 radical (unpaired) electrons. The minimum Gasteiger partial charge on any atom is -0.320 e. The number of hydrogen-bond acceptors (Lipinski definition) is 2. The number of aromatic nitrogens is 1. The van der Waals surface area contributed by atoms with Crippen LogP contribution in [0.5, 0.6) is 0 Å². The molecule has 1 aromatic heterocycles. The van der Waals surface area contributed by atoms with E-state index < -0.39 is 6.04 Å². The molecule has 1 heterocycles. The number of nitrogens with two attached hydrogens (primary N) is 1. The third-order valence-corrected chi connectivity index (χ3v) is 3.59. The number of nitrogens with one attached hydrogen (secondary N) is 1. The average Bonchev–Trinajstić information content (AvgIpc) is 2.66. The Kier molecular flexibility index (Phi) is 4.27. The lowest BCUT2D eigenvalue weighted by molar-refractivity contribution is -0.118. The number of carbonyl (C=O) groups excluding carboxylic acids is 1. The van der Waals surface area contributed by atoms with Gasteiger partial charge in [0.1, 0.15) is 0 Å². The lowest BCUT2D eigenvalue weighted by Crippen LogP contribution is -2.39. The van der Waals surface area contributed by atoms with E-state index in [0.29, 0.717) is 12.3 Å². The molecule has 0 unspecified atom stereocenters. The predicted octanol–water partition coefficient (Wildman–Crippen LogP) is 2.85. The second-order valence-corrected chi connectivity index (χ2v) is 5.93. The molecule has 19 heavy (non-hydrogen) atoms. The minimum absolute atomic E-state index is 0.165. The molecule has 0 fully saturated rings. The maximum absolute atomic E-state index is 12.0. The van der Waals surface area contributed by atoms with E-state index in [1.807, 2.05) is 30.5 Å². The highest BCUT2D eigenvalue weighted by Gasteiger charge is 2.16. The van der Waals surface area contributed by atoms with Gasteiger partial charge in [-0.05, 0) is 34.3 Å². The quantitative estimate of drug-likeness (QED) is 0.908. The highest BCUT2D eigenvalue weighted by Crippen LogP contribution is 2.24. The second kappa shape index (κ2) is 5.75. The lowest BCUT2D eigenvalue weighted by atomic mass is 10.0. The van der Waals surface area contributed by atoms with Crippen molar-refractivity contribution in [2.24, 2.45) is 11.7 Å². The minimum atomic E-state index is -0.486. The van der Waals surface area contributed by atoms with Crippen LogP contribution in [0.4, 0.5) is 0 Å². The molecule has 0 aliphatic rings. The van der Waals surface area contributed by atoms with E-state index in [1.54, 1.807) is 4.68 Å². The van der Waals surface area contributed by atoms with Gasteiger partial charge in [0, 0.05) is 16.1 Å². The fourth-order valence-electron chi connectivity index (χ4n) is 2.05. The first-order chi connectivity index (χ1) is 8.99. The summed E-state index contributed by atoms with van der Waals surface area (Å²) in [4.78, 5) is 12.0. The molecular weight excluding hydrogens is 306 g/mol. The summed E-state index contributed by atoms with van der Waals surface area (Å²) in [5.74, 6) is 0.232. The molecule has 0 bridgehead atoms. The van der Waals surface area contributed by atoms with Gasteiger partial charge in [-0.1, -0.05) is 32.0 Å². The van der Waals surface area contributed by atoms with Gasteiger partial charge >= 0.3 is 0 Å². The third-order valence-electron chi connectivity index (χ3n) is 2.96. The zero-order valence-electron chi connectivity index (χ0n) is 11.1. The maximum Gasteiger partial charge on any atom is 0.255 e. The van der Waals surface area contributed by atoms with Crippen LogP contribution in [0.2, 0.25) is 0 Å². The largest absolute Gasteiger partial charge is 0.320 e. The Balaban J connectivity index is 2.20. The van der Waals surface area contributed by atoms with Crippen LogP contribution in [0, 0.1) is 5.92 Å². The average molecular weight is 324 g/mol. The molecular formula is C14H18BrN3O. The van der Waals surface area contributed by atoms with E-state index >= 15 is 0 Å². The maximum atomic E-state index is 12.0. The molecule has 2 aromatic rings. The molecule has 1 aromatic carbocycles. The summed E-state index contributed by atoms with van der Waals surface area (Å²) in [7, 11) is 0. The number of fused-ring (bicyclic) bond motifs is 1. The van der Waals surface area contributed by atoms with Gasteiger partial charge < -0.3 is 5.73 Å². The van der Waals surface area contributed by atoms with Crippen LogP contribution in [0.3, 0.4) is 0 Å². The molecule has 0 aliphatic heterocycles. The lowest BCUT2D eigenvalue weighted by Gasteiger charge is -2.15. The van der Waals surface area contributed by atoms with E-state index in [1.165, 1.54) is 0 Å². The Morgan fingerprint density at radius 2 is 2.11 bits per heavy atom. The van der Waals surface area contributed by atoms with Gasteiger partial charge in [-0.25, -0.2) is 0 Å². The second-order valence-electron chi connectivity index (χ2n) is 5.08. The molecule has 0 saturated carbocycles. The summed E-state index contributed by atoms with van der Waals surface area (Å²) in [5, 5.41) is 1.06. The number of rotatable bonds is 4. The summed E-state index contributed by atoms with van der Waals surface area (Å²) < 4.78 is 2.66. The molecule has 0 aliphatic carbocycles. The summed E-state index contributed by atoms with van der Waals surface area (Å²) in [6, 6.07) is 7.36. The van der Waals surface area contributed by atoms with Crippen molar-refractivity contribution in [1.29, 1.82) is 0 Å². The molecule has 0 spiro atoms. The van der Waals surface area contributed by atoms with Crippen molar-refractivity contribution >= 4 is 32.7 Å². The SMILES string of the molecule is CC(C)C[C@H](N)C(=O)Nn1cc(Br)c2ccccc21. The Hall–Kier alpha value is -1.33. The van der Waals surface area contributed by atoms with Crippen LogP contribution in [0.25, 0.3) is 10.9 Å². The van der Waals surface area contributed by atoms with Crippen LogP contribution in [-0.4, -0.2) is 16.6 Å². The van der Waals surface area contributed by atoms with E-state index in [4.69, 9.17) is 5.73 Å². The highest BCUT2D eigenvalue weighted by molar-refractivity contribution is 9.10. The standard InChI is InChI=1S/C14H18BrN3O/c1-9(2)7-12(16)14(19)17-18-8-11(15)10-5-3-4-6-13(10)18/h3-6,8-9,12H,7,16H2,1-2H3,(H,17,19)/t12-/m0/s1. The van der Waals surface area contributed by atoms with Crippen molar-refractivity contribution < 1.29 is 4.79 Å². The smallest absolute Gasteiger partial charge is 0.255 e. The molecule has 1 amide bonds. The number of hydrogen-bond donors (Lipinski definition) is 2. The van der Waals surface area contributed by atoms with E-state index in [9.17, 15) is 4.79 Å². The normalized spacial score (nSPS) is 12.9. The first kappa shape index (κ1) is 14.1. The van der Waals surface area contributed by atoms with Crippen molar-refractivity contribution in [2.75, 3.05) is 5.43 Å². The number of benzene rings is 1. The molecule has 1 atom stereocenters. The molecule has 5 heteroatoms. The predicted molar refractivity (Wildman–Crippen MR) is 81.4 cm³/mol. The Morgan fingerprint density at radius 3 is 2.79 bits per heavy atom. The Bertz CT molecular complexity index is 591. The Morgan fingerprint density at radius 1 is 1.42 bits per heavy atom. The summed E-state index contributed by atoms with van der Waals surface area (Å²) in [6.07, 6.45) is 2.51. The summed E-state index contributed by atoms with van der Waals surface area (Å²) >= 11 is 3.48. The van der Waals surface area contributed by atoms with E-state index in [2.05, 4.69) is 35.2 Å². The van der Waals surface area contributed by atoms with Crippen molar-refractivity contribution in [3.8, 4) is 0 Å². The van der Waals surface area contributed by atoms with Crippen molar-refractivity contribution in [3.63, 3.8) is 0 Å².